The van der Waals surface area contributed by atoms with Crippen molar-refractivity contribution in [1.29, 1.82) is 0 Å². The predicted molar refractivity (Wildman–Crippen MR) is 128 cm³/mol. The van der Waals surface area contributed by atoms with Gasteiger partial charge in [0.1, 0.15) is 11.0 Å². The molecule has 0 saturated heterocycles. The molecule has 0 saturated carbocycles. The first-order chi connectivity index (χ1) is 15.7. The van der Waals surface area contributed by atoms with E-state index in [0.717, 1.165) is 16.5 Å². The van der Waals surface area contributed by atoms with E-state index in [2.05, 4.69) is 10.3 Å². The fraction of sp³-hybridized carbons (Fsp3) is 0.0800. The second-order valence-electron chi connectivity index (χ2n) is 7.32. The Morgan fingerprint density at radius 2 is 1.62 bits per heavy atom. The third-order valence-electron chi connectivity index (χ3n) is 5.17. The molecule has 1 amide bonds. The Hall–Kier alpha value is -3.84. The minimum absolute atomic E-state index is 0.119. The number of benzene rings is 3. The number of thioether (sulfide) groups is 1. The molecule has 0 fully saturated rings. The Bertz CT molecular complexity index is 1460. The van der Waals surface area contributed by atoms with E-state index in [9.17, 15) is 9.59 Å². The van der Waals surface area contributed by atoms with Crippen LogP contribution in [0.25, 0.3) is 27.6 Å². The van der Waals surface area contributed by atoms with Gasteiger partial charge < -0.3 is 10.3 Å². The first-order valence-corrected chi connectivity index (χ1v) is 11.2. The lowest BCUT2D eigenvalue weighted by molar-refractivity contribution is -0.118. The fourth-order valence-corrected chi connectivity index (χ4v) is 4.46. The van der Waals surface area contributed by atoms with Crippen LogP contribution in [0.15, 0.2) is 94.9 Å². The van der Waals surface area contributed by atoms with Crippen molar-refractivity contribution >= 4 is 39.6 Å². The van der Waals surface area contributed by atoms with E-state index >= 15 is 0 Å². The predicted octanol–water partition coefficient (Wildman–Crippen LogP) is 4.28. The van der Waals surface area contributed by atoms with Gasteiger partial charge in [-0.25, -0.2) is 4.98 Å². The number of carbonyl (C=O) groups excluding carboxylic acids is 1. The minimum Gasteiger partial charge on any atom is -0.351 e. The summed E-state index contributed by atoms with van der Waals surface area (Å²) in [6.07, 6.45) is 0. The second-order valence-corrected chi connectivity index (χ2v) is 8.26. The molecule has 0 unspecified atom stereocenters. The molecule has 6 nitrogen and oxygen atoms in total. The van der Waals surface area contributed by atoms with Gasteiger partial charge in [0.25, 0.3) is 5.56 Å². The summed E-state index contributed by atoms with van der Waals surface area (Å²) in [7, 11) is 0. The molecule has 5 aromatic rings. The lowest BCUT2D eigenvalue weighted by Crippen LogP contribution is -2.26. The monoisotopic (exact) mass is 440 g/mol. The average Bonchev–Trinajstić information content (AvgIpc) is 3.22. The van der Waals surface area contributed by atoms with Gasteiger partial charge in [0, 0.05) is 17.4 Å². The van der Waals surface area contributed by atoms with Crippen LogP contribution in [0.1, 0.15) is 5.56 Å². The van der Waals surface area contributed by atoms with Crippen molar-refractivity contribution in [2.24, 2.45) is 0 Å². The fourth-order valence-electron chi connectivity index (χ4n) is 3.62. The third-order valence-corrected chi connectivity index (χ3v) is 6.11. The molecular weight excluding hydrogens is 420 g/mol. The normalized spacial score (nSPS) is 11.1. The van der Waals surface area contributed by atoms with Crippen LogP contribution in [0, 0.1) is 0 Å². The smallest absolute Gasteiger partial charge is 0.283 e. The summed E-state index contributed by atoms with van der Waals surface area (Å²) < 4.78 is 1.56. The molecule has 3 aromatic carbocycles. The number of carbonyl (C=O) groups is 1. The Kier molecular flexibility index (Phi) is 5.47. The number of aromatic amines is 1. The van der Waals surface area contributed by atoms with Crippen molar-refractivity contribution in [1.82, 2.24) is 19.9 Å². The molecule has 0 radical (unpaired) electrons. The quantitative estimate of drug-likeness (QED) is 0.305. The van der Waals surface area contributed by atoms with Crippen LogP contribution in [0.3, 0.4) is 0 Å². The van der Waals surface area contributed by atoms with Gasteiger partial charge in [-0.1, -0.05) is 78.5 Å². The average molecular weight is 441 g/mol. The number of para-hydroxylation sites is 2. The number of aromatic nitrogens is 3. The number of amides is 1. The summed E-state index contributed by atoms with van der Waals surface area (Å²) in [5.74, 6) is 0.0340. The molecule has 0 aliphatic heterocycles. The van der Waals surface area contributed by atoms with Crippen molar-refractivity contribution < 1.29 is 4.79 Å². The Morgan fingerprint density at radius 1 is 0.938 bits per heavy atom. The SMILES string of the molecule is O=C(CSc1nc2c([nH]c3ccccc32)c(=O)n1-c1ccccc1)NCc1ccccc1. The maximum atomic E-state index is 13.5. The summed E-state index contributed by atoms with van der Waals surface area (Å²) in [5, 5.41) is 4.29. The molecular formula is C25H20N4O2S. The van der Waals surface area contributed by atoms with E-state index < -0.39 is 0 Å². The number of nitrogens with zero attached hydrogens (tertiary/aromatic N) is 2. The third kappa shape index (κ3) is 3.90. The molecule has 0 atom stereocenters. The van der Waals surface area contributed by atoms with Gasteiger partial charge in [-0.3, -0.25) is 14.2 Å². The Labute approximate surface area is 188 Å². The second kappa shape index (κ2) is 8.72. The minimum atomic E-state index is -0.190. The highest BCUT2D eigenvalue weighted by Gasteiger charge is 2.18. The molecule has 158 valence electrons. The largest absolute Gasteiger partial charge is 0.351 e. The van der Waals surface area contributed by atoms with E-state index in [1.807, 2.05) is 84.9 Å². The van der Waals surface area contributed by atoms with Gasteiger partial charge in [-0.15, -0.1) is 0 Å². The van der Waals surface area contributed by atoms with Gasteiger partial charge in [-0.2, -0.15) is 0 Å². The molecule has 0 aliphatic rings. The van der Waals surface area contributed by atoms with Crippen LogP contribution in [-0.4, -0.2) is 26.2 Å². The summed E-state index contributed by atoms with van der Waals surface area (Å²) in [6, 6.07) is 26.8. The van der Waals surface area contributed by atoms with Crippen LogP contribution >= 0.6 is 11.8 Å². The number of H-pyrrole nitrogens is 1. The number of hydrogen-bond donors (Lipinski definition) is 2. The molecule has 0 aliphatic carbocycles. The molecule has 0 spiro atoms. The van der Waals surface area contributed by atoms with E-state index in [1.165, 1.54) is 11.8 Å². The number of hydrogen-bond acceptors (Lipinski definition) is 4. The van der Waals surface area contributed by atoms with Gasteiger partial charge in [0.15, 0.2) is 5.16 Å². The van der Waals surface area contributed by atoms with Crippen molar-refractivity contribution in [2.45, 2.75) is 11.7 Å². The molecule has 2 N–H and O–H groups in total. The maximum Gasteiger partial charge on any atom is 0.283 e. The lowest BCUT2D eigenvalue weighted by atomic mass is 10.2. The van der Waals surface area contributed by atoms with Crippen molar-refractivity contribution in [3.05, 3.63) is 101 Å². The van der Waals surface area contributed by atoms with E-state index in [-0.39, 0.29) is 17.2 Å². The molecule has 32 heavy (non-hydrogen) atoms. The van der Waals surface area contributed by atoms with Gasteiger partial charge in [0.2, 0.25) is 5.91 Å². The lowest BCUT2D eigenvalue weighted by Gasteiger charge is -2.12. The molecule has 2 aromatic heterocycles. The molecule has 0 bridgehead atoms. The zero-order valence-electron chi connectivity index (χ0n) is 17.1. The first-order valence-electron chi connectivity index (χ1n) is 10.2. The summed E-state index contributed by atoms with van der Waals surface area (Å²) in [6.45, 7) is 0.459. The molecule has 5 rings (SSSR count). The number of rotatable bonds is 6. The summed E-state index contributed by atoms with van der Waals surface area (Å²) in [4.78, 5) is 34.0. The van der Waals surface area contributed by atoms with E-state index in [0.29, 0.717) is 28.4 Å². The standard InChI is InChI=1S/C25H20N4O2S/c30-21(26-15-17-9-3-1-4-10-17)16-32-25-28-22-19-13-7-8-14-20(19)27-23(22)24(31)29(25)18-11-5-2-6-12-18/h1-14,27H,15-16H2,(H,26,30). The summed E-state index contributed by atoms with van der Waals surface area (Å²) >= 11 is 1.25. The van der Waals surface area contributed by atoms with Crippen LogP contribution in [0.5, 0.6) is 0 Å². The number of nitrogens with one attached hydrogen (secondary N) is 2. The van der Waals surface area contributed by atoms with Crippen LogP contribution in [0.2, 0.25) is 0 Å². The maximum absolute atomic E-state index is 13.5. The van der Waals surface area contributed by atoms with Gasteiger partial charge in [-0.05, 0) is 23.8 Å². The van der Waals surface area contributed by atoms with E-state index in [4.69, 9.17) is 4.98 Å². The van der Waals surface area contributed by atoms with Crippen LogP contribution in [0.4, 0.5) is 0 Å². The number of fused-ring (bicyclic) bond motifs is 3. The highest BCUT2D eigenvalue weighted by atomic mass is 32.2. The van der Waals surface area contributed by atoms with Gasteiger partial charge >= 0.3 is 0 Å². The highest BCUT2D eigenvalue weighted by molar-refractivity contribution is 7.99. The van der Waals surface area contributed by atoms with Crippen molar-refractivity contribution in [3.63, 3.8) is 0 Å². The Morgan fingerprint density at radius 3 is 2.41 bits per heavy atom. The van der Waals surface area contributed by atoms with Crippen LogP contribution in [-0.2, 0) is 11.3 Å². The molecule has 2 heterocycles. The van der Waals surface area contributed by atoms with Crippen molar-refractivity contribution in [2.75, 3.05) is 5.75 Å². The topological polar surface area (TPSA) is 79.8 Å². The Balaban J connectivity index is 1.49. The highest BCUT2D eigenvalue weighted by Crippen LogP contribution is 2.26. The first kappa shape index (κ1) is 20.1. The van der Waals surface area contributed by atoms with Crippen LogP contribution < -0.4 is 10.9 Å². The molecule has 7 heteroatoms. The zero-order chi connectivity index (χ0) is 21.9. The van der Waals surface area contributed by atoms with Gasteiger partial charge in [0.05, 0.1) is 11.4 Å². The van der Waals surface area contributed by atoms with Crippen molar-refractivity contribution in [3.8, 4) is 5.69 Å². The summed E-state index contributed by atoms with van der Waals surface area (Å²) in [5.41, 5.74) is 3.47. The zero-order valence-corrected chi connectivity index (χ0v) is 17.9. The van der Waals surface area contributed by atoms with E-state index in [1.54, 1.807) is 4.57 Å².